The Hall–Kier alpha value is -1.15. The summed E-state index contributed by atoms with van der Waals surface area (Å²) in [7, 11) is -1.50. The van der Waals surface area contributed by atoms with Crippen LogP contribution in [-0.4, -0.2) is 14.4 Å². The zero-order valence-electron chi connectivity index (χ0n) is 9.42. The van der Waals surface area contributed by atoms with Gasteiger partial charge in [-0.2, -0.15) is 0 Å². The minimum Gasteiger partial charge on any atom is -0.285 e. The number of carbonyl (C=O) groups excluding carboxylic acids is 1. The summed E-state index contributed by atoms with van der Waals surface area (Å²) in [5.74, 6) is 0. The molecule has 0 N–H and O–H groups in total. The summed E-state index contributed by atoms with van der Waals surface area (Å²) in [6.45, 7) is 8.42. The highest BCUT2D eigenvalue weighted by Crippen LogP contribution is 2.16. The summed E-state index contributed by atoms with van der Waals surface area (Å²) >= 11 is 0. The maximum absolute atomic E-state index is 10.4. The van der Waals surface area contributed by atoms with Gasteiger partial charge in [-0.25, -0.2) is 0 Å². The molecule has 0 amide bonds. The summed E-state index contributed by atoms with van der Waals surface area (Å²) in [4.78, 5) is 10.4. The lowest BCUT2D eigenvalue weighted by Crippen LogP contribution is -2.44. The Morgan fingerprint density at radius 3 is 2.13 bits per heavy atom. The molecule has 1 aromatic carbocycles. The molecule has 79 valence electrons. The van der Waals surface area contributed by atoms with Gasteiger partial charge in [0.1, 0.15) is 8.07 Å². The minimum absolute atomic E-state index is 0.623. The number of benzene rings is 1. The molecule has 15 heavy (non-hydrogen) atoms. The van der Waals surface area contributed by atoms with Crippen LogP contribution in [0.3, 0.4) is 0 Å². The van der Waals surface area contributed by atoms with E-state index in [2.05, 4.69) is 38.3 Å². The maximum Gasteiger partial charge on any atom is 0.233 e. The van der Waals surface area contributed by atoms with Crippen molar-refractivity contribution in [2.75, 3.05) is 0 Å². The highest BCUT2D eigenvalue weighted by molar-refractivity contribution is 6.95. The first kappa shape index (κ1) is 11.9. The average molecular weight is 217 g/mol. The predicted octanol–water partition coefficient (Wildman–Crippen LogP) is 2.57. The molecule has 1 rings (SSSR count). The molecule has 0 saturated heterocycles. The second kappa shape index (κ2) is 5.08. The molecule has 0 atom stereocenters. The molecule has 0 heterocycles. The van der Waals surface area contributed by atoms with Gasteiger partial charge < -0.3 is 0 Å². The third-order valence-corrected chi connectivity index (χ3v) is 8.02. The van der Waals surface area contributed by atoms with Gasteiger partial charge in [0, 0.05) is 5.56 Å². The van der Waals surface area contributed by atoms with Crippen LogP contribution in [0.25, 0.3) is 0 Å². The van der Waals surface area contributed by atoms with Crippen LogP contribution in [0.1, 0.15) is 19.4 Å². The van der Waals surface area contributed by atoms with Crippen LogP contribution in [-0.2, 0) is 4.79 Å². The molecule has 1 aromatic rings. The molecule has 0 aliphatic rings. The molecule has 0 saturated carbocycles. The molecule has 0 aromatic heterocycles. The zero-order valence-corrected chi connectivity index (χ0v) is 10.4. The van der Waals surface area contributed by atoms with E-state index in [9.17, 15) is 4.79 Å². The van der Waals surface area contributed by atoms with Crippen molar-refractivity contribution in [3.8, 4) is 0 Å². The highest BCUT2D eigenvalue weighted by atomic mass is 28.3. The molecular formula is C13H17OSi. The molecule has 0 unspecified atom stereocenters. The molecule has 1 nitrogen and oxygen atoms in total. The Bertz CT molecular complexity index is 336. The third-order valence-electron chi connectivity index (χ3n) is 3.23. The van der Waals surface area contributed by atoms with E-state index in [1.54, 1.807) is 0 Å². The van der Waals surface area contributed by atoms with Gasteiger partial charge in [-0.05, 0) is 0 Å². The van der Waals surface area contributed by atoms with Crippen molar-refractivity contribution >= 4 is 19.5 Å². The first-order chi connectivity index (χ1) is 7.22. The first-order valence-electron chi connectivity index (χ1n) is 5.34. The van der Waals surface area contributed by atoms with Crippen LogP contribution in [0.4, 0.5) is 0 Å². The normalized spacial score (nSPS) is 11.1. The van der Waals surface area contributed by atoms with Crippen LogP contribution in [0.15, 0.2) is 36.5 Å². The van der Waals surface area contributed by atoms with Crippen molar-refractivity contribution in [1.29, 1.82) is 0 Å². The van der Waals surface area contributed by atoms with E-state index in [4.69, 9.17) is 0 Å². The van der Waals surface area contributed by atoms with Crippen LogP contribution in [0.5, 0.6) is 0 Å². The molecule has 0 spiro atoms. The van der Waals surface area contributed by atoms with Crippen molar-refractivity contribution in [3.63, 3.8) is 0 Å². The smallest absolute Gasteiger partial charge is 0.233 e. The Labute approximate surface area is 92.8 Å². The van der Waals surface area contributed by atoms with Crippen molar-refractivity contribution in [3.05, 3.63) is 42.1 Å². The van der Waals surface area contributed by atoms with E-state index in [-0.39, 0.29) is 0 Å². The topological polar surface area (TPSA) is 17.1 Å². The molecular weight excluding hydrogens is 200 g/mol. The predicted molar refractivity (Wildman–Crippen MR) is 67.8 cm³/mol. The zero-order chi connectivity index (χ0) is 11.3. The number of rotatable bonds is 5. The van der Waals surface area contributed by atoms with Crippen LogP contribution in [0, 0.1) is 0 Å². The standard InChI is InChI=1S/C13H17OSi/c1-4-15(5-2,6-3)13-9-7-12(11-14)8-10-13/h4,7-10H,1,5-6H2,2-3H3. The van der Waals surface area contributed by atoms with E-state index >= 15 is 0 Å². The van der Waals surface area contributed by atoms with Crippen molar-refractivity contribution in [1.82, 2.24) is 0 Å². The van der Waals surface area contributed by atoms with E-state index < -0.39 is 8.07 Å². The van der Waals surface area contributed by atoms with Crippen LogP contribution in [0.2, 0.25) is 12.1 Å². The minimum atomic E-state index is -1.50. The summed E-state index contributed by atoms with van der Waals surface area (Å²) < 4.78 is 0. The van der Waals surface area contributed by atoms with Crippen molar-refractivity contribution in [2.24, 2.45) is 0 Å². The molecule has 0 aliphatic heterocycles. The fourth-order valence-electron chi connectivity index (χ4n) is 1.93. The highest BCUT2D eigenvalue weighted by Gasteiger charge is 2.27. The van der Waals surface area contributed by atoms with Gasteiger partial charge in [-0.15, -0.1) is 6.58 Å². The van der Waals surface area contributed by atoms with Gasteiger partial charge in [0.25, 0.3) is 0 Å². The maximum atomic E-state index is 10.4. The van der Waals surface area contributed by atoms with Gasteiger partial charge in [0.05, 0.1) is 0 Å². The van der Waals surface area contributed by atoms with E-state index in [0.29, 0.717) is 5.56 Å². The molecule has 2 heteroatoms. The van der Waals surface area contributed by atoms with Crippen molar-refractivity contribution < 1.29 is 4.79 Å². The SMILES string of the molecule is C=C[Si](CC)(CC)c1ccc([C]=O)cc1. The molecule has 1 radical (unpaired) electrons. The lowest BCUT2D eigenvalue weighted by molar-refractivity contribution is 0.563. The van der Waals surface area contributed by atoms with Gasteiger partial charge in [0.15, 0.2) is 0 Å². The van der Waals surface area contributed by atoms with Gasteiger partial charge in [-0.1, -0.05) is 61.1 Å². The fraction of sp³-hybridized carbons (Fsp3) is 0.308. The molecule has 0 bridgehead atoms. The number of hydrogen-bond acceptors (Lipinski definition) is 1. The fourth-order valence-corrected chi connectivity index (χ4v) is 4.90. The Balaban J connectivity index is 3.12. The quantitative estimate of drug-likeness (QED) is 0.693. The largest absolute Gasteiger partial charge is 0.285 e. The van der Waals surface area contributed by atoms with Crippen molar-refractivity contribution in [2.45, 2.75) is 25.9 Å². The van der Waals surface area contributed by atoms with E-state index in [1.807, 2.05) is 18.4 Å². The average Bonchev–Trinajstić information content (AvgIpc) is 2.33. The summed E-state index contributed by atoms with van der Waals surface area (Å²) in [6, 6.07) is 10.1. The van der Waals surface area contributed by atoms with E-state index in [1.165, 1.54) is 5.19 Å². The van der Waals surface area contributed by atoms with Gasteiger partial charge >= 0.3 is 0 Å². The summed E-state index contributed by atoms with van der Waals surface area (Å²) in [5, 5.41) is 1.36. The van der Waals surface area contributed by atoms with Gasteiger partial charge in [-0.3, -0.25) is 4.79 Å². The number of hydrogen-bond donors (Lipinski definition) is 0. The molecule has 0 aliphatic carbocycles. The molecule has 0 fully saturated rings. The first-order valence-corrected chi connectivity index (χ1v) is 7.84. The van der Waals surface area contributed by atoms with Gasteiger partial charge in [0.2, 0.25) is 6.29 Å². The van der Waals surface area contributed by atoms with E-state index in [0.717, 1.165) is 12.1 Å². The Morgan fingerprint density at radius 1 is 1.27 bits per heavy atom. The lowest BCUT2D eigenvalue weighted by atomic mass is 10.2. The van der Waals surface area contributed by atoms with Crippen LogP contribution >= 0.6 is 0 Å². The second-order valence-electron chi connectivity index (χ2n) is 3.75. The second-order valence-corrected chi connectivity index (χ2v) is 8.46. The summed E-state index contributed by atoms with van der Waals surface area (Å²) in [5.41, 5.74) is 2.77. The lowest BCUT2D eigenvalue weighted by Gasteiger charge is -2.25. The Kier molecular flexibility index (Phi) is 4.03. The third kappa shape index (κ3) is 2.26. The monoisotopic (exact) mass is 217 g/mol. The summed E-state index contributed by atoms with van der Waals surface area (Å²) in [6.07, 6.45) is 1.90. The van der Waals surface area contributed by atoms with Crippen LogP contribution < -0.4 is 5.19 Å². The Morgan fingerprint density at radius 2 is 1.80 bits per heavy atom.